The van der Waals surface area contributed by atoms with Crippen LogP contribution in [0.4, 0.5) is 0 Å². The van der Waals surface area contributed by atoms with E-state index in [1.54, 1.807) is 48.5 Å². The topological polar surface area (TPSA) is 67.9 Å². The number of hydrogen-bond acceptors (Lipinski definition) is 6. The van der Waals surface area contributed by atoms with Crippen molar-refractivity contribution in [3.8, 4) is 11.5 Å². The number of thiocarbonyl (C=S) groups is 1. The SMILES string of the molecule is CCOc1cc(/C=C2/SC(=S)N(NC(=O)c3ccc(C)cc3Cl)C2=O)ccc1OCc1ccc(Cl)cc1. The monoisotopic (exact) mass is 572 g/mol. The summed E-state index contributed by atoms with van der Waals surface area (Å²) in [4.78, 5) is 26.1. The molecule has 1 N–H and O–H groups in total. The Bertz CT molecular complexity index is 1390. The molecule has 0 unspecified atom stereocenters. The Morgan fingerprint density at radius 1 is 1.05 bits per heavy atom. The number of hydrazine groups is 1. The number of nitrogens with zero attached hydrogens (tertiary/aromatic N) is 1. The van der Waals surface area contributed by atoms with E-state index >= 15 is 0 Å². The quantitative estimate of drug-likeness (QED) is 0.236. The molecule has 0 spiro atoms. The van der Waals surface area contributed by atoms with Gasteiger partial charge in [-0.1, -0.05) is 59.2 Å². The molecule has 3 aromatic carbocycles. The maximum atomic E-state index is 13.0. The fraction of sp³-hybridized carbons (Fsp3) is 0.148. The molecule has 1 heterocycles. The van der Waals surface area contributed by atoms with Crippen LogP contribution in [-0.4, -0.2) is 27.8 Å². The van der Waals surface area contributed by atoms with Gasteiger partial charge in [0.2, 0.25) is 0 Å². The zero-order chi connectivity index (χ0) is 26.5. The molecular formula is C27H22Cl2N2O4S2. The van der Waals surface area contributed by atoms with Crippen LogP contribution in [0.25, 0.3) is 6.08 Å². The minimum atomic E-state index is -0.525. The van der Waals surface area contributed by atoms with E-state index in [0.717, 1.165) is 33.5 Å². The molecule has 0 atom stereocenters. The predicted molar refractivity (Wildman–Crippen MR) is 152 cm³/mol. The highest BCUT2D eigenvalue weighted by Crippen LogP contribution is 2.35. The Kier molecular flexibility index (Phi) is 8.76. The number of thioether (sulfide) groups is 1. The van der Waals surface area contributed by atoms with Crippen LogP contribution in [-0.2, 0) is 11.4 Å². The van der Waals surface area contributed by atoms with Crippen LogP contribution in [0.15, 0.2) is 65.6 Å². The molecule has 0 saturated carbocycles. The molecule has 0 bridgehead atoms. The number of amides is 2. The fourth-order valence-electron chi connectivity index (χ4n) is 3.43. The van der Waals surface area contributed by atoms with Gasteiger partial charge in [-0.15, -0.1) is 0 Å². The van der Waals surface area contributed by atoms with Gasteiger partial charge in [-0.3, -0.25) is 15.0 Å². The lowest BCUT2D eigenvalue weighted by molar-refractivity contribution is -0.123. The number of ether oxygens (including phenoxy) is 2. The molecule has 10 heteroatoms. The predicted octanol–water partition coefficient (Wildman–Crippen LogP) is 6.83. The van der Waals surface area contributed by atoms with E-state index in [9.17, 15) is 9.59 Å². The summed E-state index contributed by atoms with van der Waals surface area (Å²) >= 11 is 18.6. The third-order valence-corrected chi connectivity index (χ3v) is 7.12. The summed E-state index contributed by atoms with van der Waals surface area (Å²) < 4.78 is 11.9. The number of carbonyl (C=O) groups excluding carboxylic acids is 2. The second kappa shape index (κ2) is 12.0. The summed E-state index contributed by atoms with van der Waals surface area (Å²) in [5.74, 6) is 0.155. The zero-order valence-electron chi connectivity index (χ0n) is 19.9. The van der Waals surface area contributed by atoms with E-state index in [-0.39, 0.29) is 9.88 Å². The molecule has 6 nitrogen and oxygen atoms in total. The van der Waals surface area contributed by atoms with E-state index in [4.69, 9.17) is 44.9 Å². The lowest BCUT2D eigenvalue weighted by Crippen LogP contribution is -2.44. The Morgan fingerprint density at radius 3 is 2.51 bits per heavy atom. The van der Waals surface area contributed by atoms with Crippen molar-refractivity contribution in [2.75, 3.05) is 6.61 Å². The normalized spacial score (nSPS) is 14.3. The van der Waals surface area contributed by atoms with Crippen LogP contribution in [0.5, 0.6) is 11.5 Å². The van der Waals surface area contributed by atoms with Gasteiger partial charge in [0, 0.05) is 5.02 Å². The van der Waals surface area contributed by atoms with Crippen LogP contribution >= 0.6 is 47.2 Å². The third-order valence-electron chi connectivity index (χ3n) is 5.25. The first-order valence-electron chi connectivity index (χ1n) is 11.2. The number of carbonyl (C=O) groups is 2. The molecule has 4 rings (SSSR count). The van der Waals surface area contributed by atoms with Gasteiger partial charge in [0.15, 0.2) is 15.8 Å². The second-order valence-corrected chi connectivity index (χ2v) is 10.5. The summed E-state index contributed by atoms with van der Waals surface area (Å²) in [5.41, 5.74) is 5.41. The summed E-state index contributed by atoms with van der Waals surface area (Å²) in [6, 6.07) is 17.8. The average molecular weight is 574 g/mol. The van der Waals surface area contributed by atoms with Gasteiger partial charge in [0.05, 0.1) is 22.1 Å². The largest absolute Gasteiger partial charge is 0.490 e. The lowest BCUT2D eigenvalue weighted by Gasteiger charge is -2.16. The van der Waals surface area contributed by atoms with Crippen LogP contribution < -0.4 is 14.9 Å². The van der Waals surface area contributed by atoms with Crippen molar-refractivity contribution in [3.05, 3.63) is 97.9 Å². The molecule has 37 heavy (non-hydrogen) atoms. The molecular weight excluding hydrogens is 551 g/mol. The molecule has 1 aliphatic heterocycles. The minimum Gasteiger partial charge on any atom is -0.490 e. The van der Waals surface area contributed by atoms with Gasteiger partial charge in [-0.05, 0) is 85.2 Å². The average Bonchev–Trinajstić information content (AvgIpc) is 3.12. The highest BCUT2D eigenvalue weighted by Gasteiger charge is 2.34. The van der Waals surface area contributed by atoms with Crippen LogP contribution in [0.1, 0.15) is 34.0 Å². The lowest BCUT2D eigenvalue weighted by atomic mass is 10.1. The molecule has 1 fully saturated rings. The number of nitrogens with one attached hydrogen (secondary N) is 1. The van der Waals surface area contributed by atoms with Gasteiger partial charge < -0.3 is 9.47 Å². The first-order valence-corrected chi connectivity index (χ1v) is 13.2. The van der Waals surface area contributed by atoms with Crippen molar-refractivity contribution < 1.29 is 19.1 Å². The second-order valence-electron chi connectivity index (χ2n) is 8.00. The molecule has 3 aromatic rings. The molecule has 2 amide bonds. The Morgan fingerprint density at radius 2 is 1.81 bits per heavy atom. The van der Waals surface area contributed by atoms with Crippen molar-refractivity contribution in [3.63, 3.8) is 0 Å². The van der Waals surface area contributed by atoms with Crippen molar-refractivity contribution in [1.29, 1.82) is 0 Å². The van der Waals surface area contributed by atoms with Gasteiger partial charge in [0.25, 0.3) is 11.8 Å². The molecule has 0 radical (unpaired) electrons. The van der Waals surface area contributed by atoms with Gasteiger partial charge in [-0.2, -0.15) is 5.01 Å². The Hall–Kier alpha value is -3.04. The number of halogens is 2. The standard InChI is InChI=1S/C27H22Cl2N2O4S2/c1-3-34-23-13-18(7-11-22(23)35-15-17-5-8-19(28)9-6-17)14-24-26(33)31(27(36)37-24)30-25(32)20-10-4-16(2)12-21(20)29/h4-14H,3,15H2,1-2H3,(H,30,32)/b24-14+. The van der Waals surface area contributed by atoms with Crippen molar-refractivity contribution >= 4 is 69.4 Å². The Balaban J connectivity index is 1.49. The van der Waals surface area contributed by atoms with Gasteiger partial charge in [-0.25, -0.2) is 0 Å². The van der Waals surface area contributed by atoms with E-state index in [0.29, 0.717) is 39.7 Å². The maximum Gasteiger partial charge on any atom is 0.285 e. The summed E-state index contributed by atoms with van der Waals surface area (Å²) in [7, 11) is 0. The smallest absolute Gasteiger partial charge is 0.285 e. The van der Waals surface area contributed by atoms with Crippen LogP contribution in [0.2, 0.25) is 10.0 Å². The maximum absolute atomic E-state index is 13.0. The highest BCUT2D eigenvalue weighted by atomic mass is 35.5. The van der Waals surface area contributed by atoms with Crippen LogP contribution in [0.3, 0.4) is 0 Å². The molecule has 1 aliphatic rings. The highest BCUT2D eigenvalue weighted by molar-refractivity contribution is 8.26. The van der Waals surface area contributed by atoms with E-state index in [1.807, 2.05) is 32.0 Å². The number of rotatable bonds is 8. The summed E-state index contributed by atoms with van der Waals surface area (Å²) in [5, 5.41) is 2.00. The summed E-state index contributed by atoms with van der Waals surface area (Å²) in [6.07, 6.45) is 1.69. The first-order chi connectivity index (χ1) is 17.7. The van der Waals surface area contributed by atoms with Crippen molar-refractivity contribution in [1.82, 2.24) is 10.4 Å². The van der Waals surface area contributed by atoms with Gasteiger partial charge in [0.1, 0.15) is 6.61 Å². The van der Waals surface area contributed by atoms with Gasteiger partial charge >= 0.3 is 0 Å². The number of benzene rings is 3. The van der Waals surface area contributed by atoms with E-state index in [1.165, 1.54) is 0 Å². The molecule has 0 aliphatic carbocycles. The van der Waals surface area contributed by atoms with Crippen molar-refractivity contribution in [2.24, 2.45) is 0 Å². The summed E-state index contributed by atoms with van der Waals surface area (Å²) in [6.45, 7) is 4.54. The molecule has 190 valence electrons. The fourth-order valence-corrected chi connectivity index (χ4v) is 5.05. The Labute approximate surface area is 234 Å². The van der Waals surface area contributed by atoms with Crippen molar-refractivity contribution in [2.45, 2.75) is 20.5 Å². The number of aryl methyl sites for hydroxylation is 1. The third kappa shape index (κ3) is 6.64. The van der Waals surface area contributed by atoms with E-state index in [2.05, 4.69) is 5.43 Å². The first kappa shape index (κ1) is 27.0. The van der Waals surface area contributed by atoms with Crippen LogP contribution in [0, 0.1) is 6.92 Å². The van der Waals surface area contributed by atoms with E-state index < -0.39 is 11.8 Å². The number of hydrogen-bond donors (Lipinski definition) is 1. The molecule has 0 aromatic heterocycles. The molecule has 1 saturated heterocycles. The minimum absolute atomic E-state index is 0.209. The zero-order valence-corrected chi connectivity index (χ0v) is 23.1.